The first kappa shape index (κ1) is 17.1. The Bertz CT molecular complexity index is 911. The number of anilines is 2. The molecule has 0 saturated heterocycles. The van der Waals surface area contributed by atoms with E-state index in [1.165, 1.54) is 13.2 Å². The van der Waals surface area contributed by atoms with E-state index in [-0.39, 0.29) is 5.75 Å². The zero-order valence-electron chi connectivity index (χ0n) is 13.4. The number of rotatable bonds is 7. The van der Waals surface area contributed by atoms with Gasteiger partial charge in [0.25, 0.3) is 6.47 Å². The third-order valence-corrected chi connectivity index (χ3v) is 3.96. The fourth-order valence-electron chi connectivity index (χ4n) is 2.61. The lowest BCUT2D eigenvalue weighted by atomic mass is 10.2. The number of aromatic nitrogens is 1. The third-order valence-electron chi connectivity index (χ3n) is 3.75. The van der Waals surface area contributed by atoms with Crippen LogP contribution in [0, 0.1) is 5.82 Å². The molecule has 2 aromatic carbocycles. The van der Waals surface area contributed by atoms with Gasteiger partial charge in [0.1, 0.15) is 0 Å². The Kier molecular flexibility index (Phi) is 5.09. The Morgan fingerprint density at radius 3 is 2.88 bits per heavy atom. The Hall–Kier alpha value is -2.73. The van der Waals surface area contributed by atoms with E-state index in [1.54, 1.807) is 18.2 Å². The molecule has 0 radical (unpaired) electrons. The number of benzene rings is 2. The van der Waals surface area contributed by atoms with Crippen molar-refractivity contribution in [1.29, 1.82) is 0 Å². The van der Waals surface area contributed by atoms with Crippen molar-refractivity contribution in [3.8, 4) is 5.75 Å². The van der Waals surface area contributed by atoms with Gasteiger partial charge in [-0.25, -0.2) is 4.39 Å². The quantitative estimate of drug-likeness (QED) is 0.482. The summed E-state index contributed by atoms with van der Waals surface area (Å²) in [5, 5.41) is 4.71. The van der Waals surface area contributed by atoms with E-state index in [9.17, 15) is 9.18 Å². The van der Waals surface area contributed by atoms with Crippen molar-refractivity contribution >= 4 is 40.4 Å². The van der Waals surface area contributed by atoms with Gasteiger partial charge in [0.2, 0.25) is 0 Å². The van der Waals surface area contributed by atoms with Crippen LogP contribution in [-0.2, 0) is 16.0 Å². The van der Waals surface area contributed by atoms with Gasteiger partial charge in [-0.3, -0.25) is 4.79 Å². The van der Waals surface area contributed by atoms with Gasteiger partial charge < -0.3 is 19.8 Å². The average Bonchev–Trinajstić information content (AvgIpc) is 2.99. The van der Waals surface area contributed by atoms with Crippen molar-refractivity contribution in [2.45, 2.75) is 6.42 Å². The maximum Gasteiger partial charge on any atom is 0.293 e. The number of carbonyl (C=O) groups is 1. The molecule has 5 nitrogen and oxygen atoms in total. The van der Waals surface area contributed by atoms with Crippen molar-refractivity contribution in [3.63, 3.8) is 0 Å². The second kappa shape index (κ2) is 7.44. The van der Waals surface area contributed by atoms with Crippen LogP contribution in [0.1, 0.15) is 5.69 Å². The molecular formula is C18H16ClFN2O3. The molecule has 2 N–H and O–H groups in total. The van der Waals surface area contributed by atoms with Crippen molar-refractivity contribution in [2.75, 3.05) is 19.0 Å². The van der Waals surface area contributed by atoms with E-state index < -0.39 is 5.82 Å². The zero-order valence-corrected chi connectivity index (χ0v) is 14.2. The lowest BCUT2D eigenvalue weighted by Crippen LogP contribution is -1.96. The van der Waals surface area contributed by atoms with Crippen LogP contribution >= 0.6 is 11.6 Å². The predicted molar refractivity (Wildman–Crippen MR) is 95.3 cm³/mol. The second-order valence-corrected chi connectivity index (χ2v) is 5.84. The molecule has 0 aliphatic rings. The minimum absolute atomic E-state index is 0.157. The first-order valence-electron chi connectivity index (χ1n) is 7.57. The minimum Gasteiger partial charge on any atom is -0.494 e. The van der Waals surface area contributed by atoms with Crippen molar-refractivity contribution in [3.05, 3.63) is 52.9 Å². The van der Waals surface area contributed by atoms with E-state index >= 15 is 0 Å². The van der Waals surface area contributed by atoms with Crippen LogP contribution in [0.15, 0.2) is 36.4 Å². The van der Waals surface area contributed by atoms with Gasteiger partial charge in [-0.15, -0.1) is 0 Å². The highest BCUT2D eigenvalue weighted by Crippen LogP contribution is 2.32. The van der Waals surface area contributed by atoms with Crippen LogP contribution in [0.2, 0.25) is 5.02 Å². The summed E-state index contributed by atoms with van der Waals surface area (Å²) in [5.74, 6) is -0.271. The number of halogens is 2. The monoisotopic (exact) mass is 362 g/mol. The largest absolute Gasteiger partial charge is 0.494 e. The molecule has 130 valence electrons. The molecule has 0 saturated carbocycles. The lowest BCUT2D eigenvalue weighted by molar-refractivity contribution is -0.128. The van der Waals surface area contributed by atoms with Crippen LogP contribution in [-0.4, -0.2) is 25.2 Å². The number of fused-ring (bicyclic) bond motifs is 1. The Morgan fingerprint density at radius 2 is 2.12 bits per heavy atom. The van der Waals surface area contributed by atoms with Gasteiger partial charge >= 0.3 is 0 Å². The highest BCUT2D eigenvalue weighted by molar-refractivity contribution is 6.32. The number of hydrogen-bond acceptors (Lipinski definition) is 4. The molecular weight excluding hydrogens is 347 g/mol. The summed E-state index contributed by atoms with van der Waals surface area (Å²) in [4.78, 5) is 13.5. The molecule has 0 aliphatic heterocycles. The van der Waals surface area contributed by atoms with E-state index in [2.05, 4.69) is 10.3 Å². The fraction of sp³-hybridized carbons (Fsp3) is 0.167. The number of hydrogen-bond donors (Lipinski definition) is 2. The number of H-pyrrole nitrogens is 1. The van der Waals surface area contributed by atoms with E-state index in [0.29, 0.717) is 30.2 Å². The van der Waals surface area contributed by atoms with Crippen molar-refractivity contribution in [1.82, 2.24) is 4.98 Å². The fourth-order valence-corrected chi connectivity index (χ4v) is 2.83. The average molecular weight is 363 g/mol. The third kappa shape index (κ3) is 3.85. The topological polar surface area (TPSA) is 63.4 Å². The molecule has 3 aromatic rings. The van der Waals surface area contributed by atoms with Crippen LogP contribution < -0.4 is 10.1 Å². The first-order valence-corrected chi connectivity index (χ1v) is 7.95. The molecule has 0 fully saturated rings. The summed E-state index contributed by atoms with van der Waals surface area (Å²) >= 11 is 6.19. The summed E-state index contributed by atoms with van der Waals surface area (Å²) < 4.78 is 23.3. The molecule has 0 aliphatic carbocycles. The number of methoxy groups -OCH3 is 1. The number of ether oxygens (including phenoxy) is 2. The molecule has 3 rings (SSSR count). The van der Waals surface area contributed by atoms with E-state index in [1.807, 2.05) is 12.1 Å². The van der Waals surface area contributed by atoms with Crippen molar-refractivity contribution < 1.29 is 18.7 Å². The van der Waals surface area contributed by atoms with Gasteiger partial charge in [-0.05, 0) is 30.3 Å². The van der Waals surface area contributed by atoms with E-state index in [0.717, 1.165) is 22.3 Å². The maximum atomic E-state index is 13.6. The molecule has 0 spiro atoms. The molecule has 0 bridgehead atoms. The molecule has 0 atom stereocenters. The molecule has 1 aromatic heterocycles. The molecule has 7 heteroatoms. The molecule has 1 heterocycles. The van der Waals surface area contributed by atoms with Gasteiger partial charge in [-0.2, -0.15) is 0 Å². The van der Waals surface area contributed by atoms with Crippen LogP contribution in [0.4, 0.5) is 15.8 Å². The van der Waals surface area contributed by atoms with Crippen LogP contribution in [0.5, 0.6) is 5.75 Å². The predicted octanol–water partition coefficient (Wildman–Crippen LogP) is 4.43. The van der Waals surface area contributed by atoms with Gasteiger partial charge in [0.15, 0.2) is 11.6 Å². The van der Waals surface area contributed by atoms with Gasteiger partial charge in [0, 0.05) is 45.5 Å². The summed E-state index contributed by atoms with van der Waals surface area (Å²) in [7, 11) is 1.42. The summed E-state index contributed by atoms with van der Waals surface area (Å²) in [5.41, 5.74) is 3.22. The van der Waals surface area contributed by atoms with Gasteiger partial charge in [0.05, 0.1) is 13.7 Å². The summed E-state index contributed by atoms with van der Waals surface area (Å²) in [6.45, 7) is 0.719. The smallest absolute Gasteiger partial charge is 0.293 e. The van der Waals surface area contributed by atoms with Crippen LogP contribution in [0.3, 0.4) is 0 Å². The highest BCUT2D eigenvalue weighted by atomic mass is 35.5. The normalized spacial score (nSPS) is 10.7. The summed E-state index contributed by atoms with van der Waals surface area (Å²) in [6.07, 6.45) is 0.564. The number of nitrogens with one attached hydrogen (secondary N) is 2. The first-order chi connectivity index (χ1) is 12.1. The second-order valence-electron chi connectivity index (χ2n) is 5.40. The number of aromatic amines is 1. The zero-order chi connectivity index (χ0) is 17.8. The summed E-state index contributed by atoms with van der Waals surface area (Å²) in [6, 6.07) is 10.1. The maximum absolute atomic E-state index is 13.6. The van der Waals surface area contributed by atoms with Crippen LogP contribution in [0.25, 0.3) is 10.9 Å². The minimum atomic E-state index is -0.427. The van der Waals surface area contributed by atoms with E-state index in [4.69, 9.17) is 21.1 Å². The lowest BCUT2D eigenvalue weighted by Gasteiger charge is -2.10. The van der Waals surface area contributed by atoms with Crippen molar-refractivity contribution in [2.24, 2.45) is 0 Å². The molecule has 25 heavy (non-hydrogen) atoms. The van der Waals surface area contributed by atoms with Gasteiger partial charge in [-0.1, -0.05) is 11.6 Å². The Balaban J connectivity index is 1.93. The number of carbonyl (C=O) groups excluding carboxylic acids is 1. The molecule has 0 amide bonds. The standard InChI is InChI=1S/C18H16ClFN2O3/c1-24-18-9-12(2-3-15(18)20)21-16-6-11(19)7-17-14(16)8-13(22-17)4-5-25-10-23/h2-3,6-10,21-22H,4-5H2,1H3. The Labute approximate surface area is 148 Å². The SMILES string of the molecule is COc1cc(Nc2cc(Cl)cc3[nH]c(CCOC=O)cc23)ccc1F. The highest BCUT2D eigenvalue weighted by Gasteiger charge is 2.10. The molecule has 0 unspecified atom stereocenters. The Morgan fingerprint density at radius 1 is 1.28 bits per heavy atom.